The van der Waals surface area contributed by atoms with Crippen LogP contribution in [0.2, 0.25) is 0 Å². The molecule has 0 spiro atoms. The third-order valence-corrected chi connectivity index (χ3v) is 4.07. The first-order valence-electron chi connectivity index (χ1n) is 5.57. The molecule has 1 fully saturated rings. The zero-order valence-electron chi connectivity index (χ0n) is 9.48. The molecule has 0 aromatic carbocycles. The summed E-state index contributed by atoms with van der Waals surface area (Å²) in [6.45, 7) is 1.69. The largest absolute Gasteiger partial charge is 0.468 e. The van der Waals surface area contributed by atoms with Crippen LogP contribution in [0.3, 0.4) is 0 Å². The Morgan fingerprint density at radius 2 is 2.29 bits per heavy atom. The molecule has 6 heteroatoms. The van der Waals surface area contributed by atoms with Crippen LogP contribution in [0.15, 0.2) is 16.7 Å². The number of nitrogen functional groups attached to an aromatic ring is 1. The lowest BCUT2D eigenvalue weighted by Crippen LogP contribution is -2.29. The van der Waals surface area contributed by atoms with Gasteiger partial charge in [-0.05, 0) is 18.9 Å². The van der Waals surface area contributed by atoms with E-state index in [0.29, 0.717) is 10.8 Å². The number of ether oxygens (including phenoxy) is 1. The van der Waals surface area contributed by atoms with Crippen molar-refractivity contribution in [2.75, 3.05) is 13.2 Å². The monoisotopic (exact) mass is 256 g/mol. The Labute approximate surface area is 104 Å². The van der Waals surface area contributed by atoms with Crippen molar-refractivity contribution in [2.45, 2.75) is 23.8 Å². The minimum atomic E-state index is -0.323. The van der Waals surface area contributed by atoms with Crippen LogP contribution >= 0.6 is 11.8 Å². The lowest BCUT2D eigenvalue weighted by molar-refractivity contribution is 0.0953. The van der Waals surface area contributed by atoms with E-state index in [1.165, 1.54) is 6.26 Å². The maximum absolute atomic E-state index is 11.2. The van der Waals surface area contributed by atoms with Crippen LogP contribution in [0, 0.1) is 0 Å². The summed E-state index contributed by atoms with van der Waals surface area (Å²) in [6, 6.07) is 1.73. The highest BCUT2D eigenvalue weighted by Crippen LogP contribution is 2.26. The van der Waals surface area contributed by atoms with Crippen molar-refractivity contribution in [2.24, 2.45) is 5.84 Å². The molecule has 1 saturated heterocycles. The number of hydrazine groups is 1. The van der Waals surface area contributed by atoms with Gasteiger partial charge in [-0.1, -0.05) is 0 Å². The lowest BCUT2D eigenvalue weighted by Gasteiger charge is -2.20. The van der Waals surface area contributed by atoms with Crippen LogP contribution in [0.1, 0.15) is 29.0 Å². The van der Waals surface area contributed by atoms with E-state index in [0.717, 1.165) is 37.6 Å². The van der Waals surface area contributed by atoms with Gasteiger partial charge < -0.3 is 9.15 Å². The van der Waals surface area contributed by atoms with E-state index >= 15 is 0 Å². The first-order valence-corrected chi connectivity index (χ1v) is 6.62. The van der Waals surface area contributed by atoms with Gasteiger partial charge in [-0.2, -0.15) is 11.8 Å². The summed E-state index contributed by atoms with van der Waals surface area (Å²) in [7, 11) is 0. The van der Waals surface area contributed by atoms with Crippen LogP contribution in [-0.2, 0) is 10.5 Å². The van der Waals surface area contributed by atoms with Crippen LogP contribution in [-0.4, -0.2) is 24.4 Å². The highest BCUT2D eigenvalue weighted by molar-refractivity contribution is 7.99. The van der Waals surface area contributed by atoms with Crippen LogP contribution in [0.5, 0.6) is 0 Å². The van der Waals surface area contributed by atoms with Gasteiger partial charge in [0.25, 0.3) is 5.91 Å². The molecule has 1 aliphatic rings. The minimum absolute atomic E-state index is 0.323. The fraction of sp³-hybridized carbons (Fsp3) is 0.545. The Bertz CT molecular complexity index is 375. The second-order valence-corrected chi connectivity index (χ2v) is 5.19. The number of carbonyl (C=O) groups is 1. The molecule has 1 aromatic heterocycles. The zero-order valence-corrected chi connectivity index (χ0v) is 10.3. The second kappa shape index (κ2) is 6.09. The van der Waals surface area contributed by atoms with E-state index in [-0.39, 0.29) is 5.91 Å². The molecule has 2 heterocycles. The van der Waals surface area contributed by atoms with Crippen molar-refractivity contribution < 1.29 is 13.9 Å². The van der Waals surface area contributed by atoms with Gasteiger partial charge in [0, 0.05) is 18.5 Å². The number of hydrogen-bond acceptors (Lipinski definition) is 5. The zero-order chi connectivity index (χ0) is 12.1. The van der Waals surface area contributed by atoms with E-state index in [9.17, 15) is 4.79 Å². The average Bonchev–Trinajstić information content (AvgIpc) is 2.85. The smallest absolute Gasteiger partial charge is 0.268 e. The average molecular weight is 256 g/mol. The third kappa shape index (κ3) is 3.49. The molecule has 0 radical (unpaired) electrons. The number of furan rings is 1. The quantitative estimate of drug-likeness (QED) is 0.482. The molecule has 1 amide bonds. The summed E-state index contributed by atoms with van der Waals surface area (Å²) >= 11 is 1.85. The van der Waals surface area contributed by atoms with Crippen LogP contribution < -0.4 is 11.3 Å². The van der Waals surface area contributed by atoms with E-state index < -0.39 is 0 Å². The maximum Gasteiger partial charge on any atom is 0.268 e. The number of nitrogens with one attached hydrogen (secondary N) is 1. The topological polar surface area (TPSA) is 77.5 Å². The van der Waals surface area contributed by atoms with Crippen molar-refractivity contribution in [3.63, 3.8) is 0 Å². The SMILES string of the molecule is NNC(=O)c1coc(CSC2CCOCC2)c1. The van der Waals surface area contributed by atoms with Gasteiger partial charge in [-0.3, -0.25) is 10.2 Å². The van der Waals surface area contributed by atoms with Crippen molar-refractivity contribution in [1.29, 1.82) is 0 Å². The molecule has 5 nitrogen and oxygen atoms in total. The Morgan fingerprint density at radius 1 is 1.53 bits per heavy atom. The summed E-state index contributed by atoms with van der Waals surface area (Å²) in [5.74, 6) is 6.31. The summed E-state index contributed by atoms with van der Waals surface area (Å²) in [4.78, 5) is 11.2. The molecular formula is C11H16N2O3S. The molecule has 3 N–H and O–H groups in total. The Morgan fingerprint density at radius 3 is 3.00 bits per heavy atom. The number of amides is 1. The molecule has 2 rings (SSSR count). The summed E-state index contributed by atoms with van der Waals surface area (Å²) in [6.07, 6.45) is 3.60. The van der Waals surface area contributed by atoms with Crippen LogP contribution in [0.4, 0.5) is 0 Å². The molecule has 1 aromatic rings. The van der Waals surface area contributed by atoms with Gasteiger partial charge in [0.1, 0.15) is 12.0 Å². The fourth-order valence-corrected chi connectivity index (χ4v) is 2.78. The second-order valence-electron chi connectivity index (χ2n) is 3.90. The predicted molar refractivity (Wildman–Crippen MR) is 65.5 cm³/mol. The molecular weight excluding hydrogens is 240 g/mol. The molecule has 17 heavy (non-hydrogen) atoms. The van der Waals surface area contributed by atoms with Gasteiger partial charge in [0.15, 0.2) is 0 Å². The highest BCUT2D eigenvalue weighted by atomic mass is 32.2. The third-order valence-electron chi connectivity index (χ3n) is 2.68. The van der Waals surface area contributed by atoms with E-state index in [4.69, 9.17) is 15.0 Å². The molecule has 0 saturated carbocycles. The molecule has 0 atom stereocenters. The number of carbonyl (C=O) groups excluding carboxylic acids is 1. The van der Waals surface area contributed by atoms with Crippen molar-refractivity contribution >= 4 is 17.7 Å². The first-order chi connectivity index (χ1) is 8.29. The molecule has 0 bridgehead atoms. The number of thioether (sulfide) groups is 1. The first kappa shape index (κ1) is 12.5. The number of rotatable bonds is 4. The Kier molecular flexibility index (Phi) is 4.47. The molecule has 1 aliphatic heterocycles. The predicted octanol–water partition coefficient (Wildman–Crippen LogP) is 1.30. The Balaban J connectivity index is 1.82. The molecule has 0 unspecified atom stereocenters. The van der Waals surface area contributed by atoms with E-state index in [1.807, 2.05) is 11.8 Å². The van der Waals surface area contributed by atoms with Gasteiger partial charge in [-0.15, -0.1) is 0 Å². The highest BCUT2D eigenvalue weighted by Gasteiger charge is 2.15. The fourth-order valence-electron chi connectivity index (χ4n) is 1.70. The molecule has 0 aliphatic carbocycles. The summed E-state index contributed by atoms with van der Waals surface area (Å²) in [5, 5.41) is 0.626. The lowest BCUT2D eigenvalue weighted by atomic mass is 10.2. The van der Waals surface area contributed by atoms with Crippen LogP contribution in [0.25, 0.3) is 0 Å². The van der Waals surface area contributed by atoms with Gasteiger partial charge >= 0.3 is 0 Å². The number of hydrogen-bond donors (Lipinski definition) is 2. The van der Waals surface area contributed by atoms with Gasteiger partial charge in [-0.25, -0.2) is 5.84 Å². The van der Waals surface area contributed by atoms with Gasteiger partial charge in [0.05, 0.1) is 11.3 Å². The van der Waals surface area contributed by atoms with E-state index in [2.05, 4.69) is 5.43 Å². The van der Waals surface area contributed by atoms with E-state index in [1.54, 1.807) is 6.07 Å². The van der Waals surface area contributed by atoms with Crippen molar-refractivity contribution in [3.05, 3.63) is 23.7 Å². The summed E-state index contributed by atoms with van der Waals surface area (Å²) < 4.78 is 10.6. The number of nitrogens with two attached hydrogens (primary N) is 1. The van der Waals surface area contributed by atoms with Gasteiger partial charge in [0.2, 0.25) is 0 Å². The Hall–Kier alpha value is -0.980. The standard InChI is InChI=1S/C11H16N2O3S/c12-13-11(14)8-5-9(16-6-8)7-17-10-1-3-15-4-2-10/h5-6,10H,1-4,7,12H2,(H,13,14). The minimum Gasteiger partial charge on any atom is -0.468 e. The maximum atomic E-state index is 11.2. The van der Waals surface area contributed by atoms with Crippen molar-refractivity contribution in [3.8, 4) is 0 Å². The molecule has 94 valence electrons. The summed E-state index contributed by atoms with van der Waals surface area (Å²) in [5.41, 5.74) is 2.55. The normalized spacial score (nSPS) is 17.0. The van der Waals surface area contributed by atoms with Crippen molar-refractivity contribution in [1.82, 2.24) is 5.43 Å².